The number of hydrogen-bond acceptors (Lipinski definition) is 3. The minimum Gasteiger partial charge on any atom is -0.395 e. The van der Waals surface area contributed by atoms with Gasteiger partial charge in [0.25, 0.3) is 0 Å². The smallest absolute Gasteiger partial charge is 0.247 e. The third kappa shape index (κ3) is 6.23. The third-order valence-corrected chi connectivity index (χ3v) is 4.87. The van der Waals surface area contributed by atoms with Gasteiger partial charge in [-0.15, -0.1) is 0 Å². The van der Waals surface area contributed by atoms with Crippen LogP contribution in [0.4, 0.5) is 4.39 Å². The summed E-state index contributed by atoms with van der Waals surface area (Å²) in [5.41, 5.74) is 2.19. The van der Waals surface area contributed by atoms with Crippen LogP contribution in [0.3, 0.4) is 0 Å². The summed E-state index contributed by atoms with van der Waals surface area (Å²) in [5, 5.41) is 11.8. The molecule has 1 unspecified atom stereocenters. The van der Waals surface area contributed by atoms with Gasteiger partial charge in [0.1, 0.15) is 11.9 Å². The van der Waals surface area contributed by atoms with Crippen molar-refractivity contribution in [3.63, 3.8) is 0 Å². The Labute approximate surface area is 181 Å². The van der Waals surface area contributed by atoms with Crippen LogP contribution in [-0.2, 0) is 22.6 Å². The lowest BCUT2D eigenvalue weighted by Gasteiger charge is -2.31. The lowest BCUT2D eigenvalue weighted by atomic mass is 10.0. The molecule has 160 valence electrons. The van der Waals surface area contributed by atoms with Gasteiger partial charge in [0, 0.05) is 13.1 Å². The minimum absolute atomic E-state index is 0.0828. The summed E-state index contributed by atoms with van der Waals surface area (Å²) in [6, 6.07) is 23.3. The third-order valence-electron chi connectivity index (χ3n) is 4.87. The normalized spacial score (nSPS) is 11.5. The molecule has 6 heteroatoms. The first-order valence-corrected chi connectivity index (χ1v) is 10.1. The molecule has 0 fully saturated rings. The molecule has 0 aliphatic rings. The van der Waals surface area contributed by atoms with E-state index in [1.165, 1.54) is 17.0 Å². The number of nitrogens with zero attached hydrogens (tertiary/aromatic N) is 1. The van der Waals surface area contributed by atoms with E-state index in [0.29, 0.717) is 11.1 Å². The van der Waals surface area contributed by atoms with Gasteiger partial charge in [0.05, 0.1) is 13.0 Å². The molecule has 5 nitrogen and oxygen atoms in total. The summed E-state index contributed by atoms with van der Waals surface area (Å²) in [6.45, 7) is 0.0145. The number of amides is 2. The zero-order valence-electron chi connectivity index (χ0n) is 17.1. The van der Waals surface area contributed by atoms with Crippen molar-refractivity contribution >= 4 is 11.8 Å². The molecule has 0 aliphatic heterocycles. The zero-order valence-corrected chi connectivity index (χ0v) is 17.1. The number of rotatable bonds is 9. The predicted molar refractivity (Wildman–Crippen MR) is 116 cm³/mol. The fourth-order valence-electron chi connectivity index (χ4n) is 3.37. The lowest BCUT2D eigenvalue weighted by molar-refractivity contribution is -0.141. The fourth-order valence-corrected chi connectivity index (χ4v) is 3.37. The van der Waals surface area contributed by atoms with Crippen molar-refractivity contribution in [2.75, 3.05) is 13.2 Å². The van der Waals surface area contributed by atoms with Crippen LogP contribution in [0, 0.1) is 5.82 Å². The van der Waals surface area contributed by atoms with E-state index in [1.807, 2.05) is 36.4 Å². The number of aliphatic hydroxyl groups excluding tert-OH is 1. The van der Waals surface area contributed by atoms with Crippen LogP contribution in [0.25, 0.3) is 0 Å². The highest BCUT2D eigenvalue weighted by Gasteiger charge is 2.31. The van der Waals surface area contributed by atoms with Gasteiger partial charge in [-0.2, -0.15) is 0 Å². The molecular weight excluding hydrogens is 395 g/mol. The summed E-state index contributed by atoms with van der Waals surface area (Å²) in [7, 11) is 0. The van der Waals surface area contributed by atoms with E-state index in [-0.39, 0.29) is 43.7 Å². The van der Waals surface area contributed by atoms with Gasteiger partial charge in [-0.3, -0.25) is 9.59 Å². The largest absolute Gasteiger partial charge is 0.395 e. The minimum atomic E-state index is -0.894. The molecule has 0 saturated heterocycles. The fraction of sp³-hybridized carbons (Fsp3) is 0.200. The Morgan fingerprint density at radius 2 is 1.48 bits per heavy atom. The molecule has 3 rings (SSSR count). The second-order valence-electron chi connectivity index (χ2n) is 7.14. The van der Waals surface area contributed by atoms with E-state index in [2.05, 4.69) is 5.32 Å². The molecule has 3 aromatic rings. The van der Waals surface area contributed by atoms with Crippen molar-refractivity contribution in [3.8, 4) is 0 Å². The first-order chi connectivity index (χ1) is 15.1. The highest BCUT2D eigenvalue weighted by atomic mass is 19.1. The van der Waals surface area contributed by atoms with Gasteiger partial charge < -0.3 is 15.3 Å². The molecule has 0 saturated carbocycles. The molecule has 0 spiro atoms. The van der Waals surface area contributed by atoms with Crippen molar-refractivity contribution < 1.29 is 19.1 Å². The number of carbonyl (C=O) groups is 2. The van der Waals surface area contributed by atoms with Crippen LogP contribution in [0.5, 0.6) is 0 Å². The number of aliphatic hydroxyl groups is 1. The van der Waals surface area contributed by atoms with E-state index in [9.17, 15) is 14.0 Å². The van der Waals surface area contributed by atoms with Gasteiger partial charge in [-0.25, -0.2) is 4.39 Å². The van der Waals surface area contributed by atoms with Crippen LogP contribution >= 0.6 is 0 Å². The van der Waals surface area contributed by atoms with Gasteiger partial charge in [0.2, 0.25) is 11.8 Å². The number of nitrogens with one attached hydrogen (secondary N) is 1. The van der Waals surface area contributed by atoms with Crippen molar-refractivity contribution in [2.45, 2.75) is 19.0 Å². The molecule has 3 aromatic carbocycles. The molecular formula is C25H25FN2O3. The number of hydrogen-bond donors (Lipinski definition) is 2. The number of benzene rings is 3. The van der Waals surface area contributed by atoms with Crippen molar-refractivity contribution in [3.05, 3.63) is 107 Å². The van der Waals surface area contributed by atoms with E-state index in [4.69, 9.17) is 5.11 Å². The SMILES string of the molecule is O=C(NCCO)C(c1ccccc1)N(Cc1ccc(F)cc1)C(=O)Cc1ccccc1. The molecule has 0 radical (unpaired) electrons. The quantitative estimate of drug-likeness (QED) is 0.558. The second kappa shape index (κ2) is 11.0. The van der Waals surface area contributed by atoms with E-state index in [1.54, 1.807) is 36.4 Å². The van der Waals surface area contributed by atoms with Gasteiger partial charge in [0.15, 0.2) is 0 Å². The summed E-state index contributed by atoms with van der Waals surface area (Å²) >= 11 is 0. The predicted octanol–water partition coefficient (Wildman–Crippen LogP) is 3.25. The van der Waals surface area contributed by atoms with Crippen LogP contribution < -0.4 is 5.32 Å². The molecule has 0 heterocycles. The highest BCUT2D eigenvalue weighted by molar-refractivity contribution is 5.89. The van der Waals surface area contributed by atoms with Crippen LogP contribution in [0.1, 0.15) is 22.7 Å². The molecule has 0 aromatic heterocycles. The van der Waals surface area contributed by atoms with Crippen LogP contribution in [-0.4, -0.2) is 35.0 Å². The lowest BCUT2D eigenvalue weighted by Crippen LogP contribution is -2.44. The topological polar surface area (TPSA) is 69.6 Å². The molecule has 1 atom stereocenters. The van der Waals surface area contributed by atoms with Crippen molar-refractivity contribution in [2.24, 2.45) is 0 Å². The molecule has 2 N–H and O–H groups in total. The molecule has 0 bridgehead atoms. The second-order valence-corrected chi connectivity index (χ2v) is 7.14. The first-order valence-electron chi connectivity index (χ1n) is 10.1. The van der Waals surface area contributed by atoms with E-state index in [0.717, 1.165) is 5.56 Å². The Bertz CT molecular complexity index is 979. The Kier molecular flexibility index (Phi) is 7.90. The van der Waals surface area contributed by atoms with Gasteiger partial charge >= 0.3 is 0 Å². The maximum absolute atomic E-state index is 13.4. The number of halogens is 1. The van der Waals surface area contributed by atoms with E-state index < -0.39 is 6.04 Å². The maximum atomic E-state index is 13.4. The van der Waals surface area contributed by atoms with Crippen molar-refractivity contribution in [1.29, 1.82) is 0 Å². The summed E-state index contributed by atoms with van der Waals surface area (Å²) in [5.74, 6) is -0.987. The summed E-state index contributed by atoms with van der Waals surface area (Å²) in [6.07, 6.45) is 0.124. The Morgan fingerprint density at radius 3 is 2.10 bits per heavy atom. The number of carbonyl (C=O) groups excluding carboxylic acids is 2. The van der Waals surface area contributed by atoms with Crippen LogP contribution in [0.15, 0.2) is 84.9 Å². The standard InChI is InChI=1S/C25H25FN2O3/c26-22-13-11-20(12-14-22)18-28(23(30)17-19-7-3-1-4-8-19)24(25(31)27-15-16-29)21-9-5-2-6-10-21/h1-14,24,29H,15-18H2,(H,27,31). The highest BCUT2D eigenvalue weighted by Crippen LogP contribution is 2.25. The van der Waals surface area contributed by atoms with Gasteiger partial charge in [-0.1, -0.05) is 72.8 Å². The molecule has 31 heavy (non-hydrogen) atoms. The van der Waals surface area contributed by atoms with Crippen molar-refractivity contribution in [1.82, 2.24) is 10.2 Å². The first kappa shape index (κ1) is 22.2. The maximum Gasteiger partial charge on any atom is 0.247 e. The monoisotopic (exact) mass is 420 g/mol. The Morgan fingerprint density at radius 1 is 0.871 bits per heavy atom. The summed E-state index contributed by atoms with van der Waals surface area (Å²) < 4.78 is 13.4. The van der Waals surface area contributed by atoms with Crippen LogP contribution in [0.2, 0.25) is 0 Å². The molecule has 2 amide bonds. The average molecular weight is 420 g/mol. The average Bonchev–Trinajstić information content (AvgIpc) is 2.80. The summed E-state index contributed by atoms with van der Waals surface area (Å²) in [4.78, 5) is 28.0. The Hall–Kier alpha value is -3.51. The zero-order chi connectivity index (χ0) is 22.1. The molecule has 0 aliphatic carbocycles. The van der Waals surface area contributed by atoms with Gasteiger partial charge in [-0.05, 0) is 28.8 Å². The van der Waals surface area contributed by atoms with E-state index >= 15 is 0 Å². The Balaban J connectivity index is 1.97.